The highest BCUT2D eigenvalue weighted by molar-refractivity contribution is 5.03. The molecule has 1 aromatic rings. The first kappa shape index (κ1) is 12.2. The van der Waals surface area contributed by atoms with Gasteiger partial charge in [0.25, 0.3) is 0 Å². The van der Waals surface area contributed by atoms with Crippen molar-refractivity contribution in [3.05, 3.63) is 17.5 Å². The van der Waals surface area contributed by atoms with Gasteiger partial charge in [-0.05, 0) is 45.1 Å². The molecular weight excluding hydrogens is 226 g/mol. The number of likely N-dealkylation sites (tertiary alicyclic amines) is 1. The molecule has 1 aliphatic heterocycles. The van der Waals surface area contributed by atoms with Gasteiger partial charge in [0.1, 0.15) is 0 Å². The van der Waals surface area contributed by atoms with Gasteiger partial charge in [0, 0.05) is 25.2 Å². The molecule has 4 nitrogen and oxygen atoms in total. The van der Waals surface area contributed by atoms with Crippen molar-refractivity contribution in [2.75, 3.05) is 19.6 Å². The van der Waals surface area contributed by atoms with Gasteiger partial charge in [-0.3, -0.25) is 4.90 Å². The van der Waals surface area contributed by atoms with Gasteiger partial charge in [-0.2, -0.15) is 0 Å². The number of hydrogen-bond acceptors (Lipinski definition) is 4. The SMILES string of the molecule is Cc1cc(CN2CCC(NCC3CC3)CC2)on1. The second-order valence-electron chi connectivity index (χ2n) is 5.84. The zero-order valence-electron chi connectivity index (χ0n) is 11.2. The molecule has 0 radical (unpaired) electrons. The van der Waals surface area contributed by atoms with E-state index in [1.807, 2.05) is 13.0 Å². The number of rotatable bonds is 5. The summed E-state index contributed by atoms with van der Waals surface area (Å²) in [5, 5.41) is 7.65. The molecule has 0 unspecified atom stereocenters. The van der Waals surface area contributed by atoms with E-state index < -0.39 is 0 Å². The molecule has 0 bridgehead atoms. The molecule has 1 N–H and O–H groups in total. The van der Waals surface area contributed by atoms with Crippen LogP contribution in [0.25, 0.3) is 0 Å². The quantitative estimate of drug-likeness (QED) is 0.866. The third-order valence-electron chi connectivity index (χ3n) is 4.04. The molecule has 1 saturated carbocycles. The number of nitrogens with one attached hydrogen (secondary N) is 1. The average Bonchev–Trinajstić information content (AvgIpc) is 3.12. The van der Waals surface area contributed by atoms with Crippen molar-refractivity contribution < 1.29 is 4.52 Å². The maximum Gasteiger partial charge on any atom is 0.150 e. The number of hydrogen-bond donors (Lipinski definition) is 1. The Kier molecular flexibility index (Phi) is 3.66. The van der Waals surface area contributed by atoms with Crippen LogP contribution in [0.1, 0.15) is 37.1 Å². The van der Waals surface area contributed by atoms with E-state index in [9.17, 15) is 0 Å². The molecule has 0 spiro atoms. The summed E-state index contributed by atoms with van der Waals surface area (Å²) in [4.78, 5) is 2.47. The fourth-order valence-corrected chi connectivity index (χ4v) is 2.66. The van der Waals surface area contributed by atoms with Crippen LogP contribution in [-0.2, 0) is 6.54 Å². The Labute approximate surface area is 109 Å². The molecule has 100 valence electrons. The van der Waals surface area contributed by atoms with Crippen LogP contribution < -0.4 is 5.32 Å². The summed E-state index contributed by atoms with van der Waals surface area (Å²) in [5.74, 6) is 1.98. The van der Waals surface area contributed by atoms with Crippen LogP contribution in [0.4, 0.5) is 0 Å². The van der Waals surface area contributed by atoms with Crippen LogP contribution in [0.15, 0.2) is 10.6 Å². The highest BCUT2D eigenvalue weighted by Gasteiger charge is 2.24. The Morgan fingerprint density at radius 3 is 2.72 bits per heavy atom. The maximum absolute atomic E-state index is 5.27. The first-order valence-corrected chi connectivity index (χ1v) is 7.17. The van der Waals surface area contributed by atoms with Crippen molar-refractivity contribution in [1.29, 1.82) is 0 Å². The molecule has 3 rings (SSSR count). The fourth-order valence-electron chi connectivity index (χ4n) is 2.66. The molecular formula is C14H23N3O. The molecule has 0 aromatic carbocycles. The second kappa shape index (κ2) is 5.41. The Morgan fingerprint density at radius 2 is 2.11 bits per heavy atom. The maximum atomic E-state index is 5.27. The van der Waals surface area contributed by atoms with Crippen LogP contribution in [-0.4, -0.2) is 35.7 Å². The van der Waals surface area contributed by atoms with Gasteiger partial charge >= 0.3 is 0 Å². The smallest absolute Gasteiger partial charge is 0.150 e. The lowest BCUT2D eigenvalue weighted by Gasteiger charge is -2.31. The number of piperidine rings is 1. The Morgan fingerprint density at radius 1 is 1.33 bits per heavy atom. The standard InChI is InChI=1S/C14H23N3O/c1-11-8-14(18-16-11)10-17-6-4-13(5-7-17)15-9-12-2-3-12/h8,12-13,15H,2-7,9-10H2,1H3. The number of aromatic nitrogens is 1. The predicted octanol–water partition coefficient (Wildman–Crippen LogP) is 1.95. The first-order valence-electron chi connectivity index (χ1n) is 7.17. The van der Waals surface area contributed by atoms with Gasteiger partial charge in [0.05, 0.1) is 12.2 Å². The summed E-state index contributed by atoms with van der Waals surface area (Å²) in [5.41, 5.74) is 0.978. The minimum Gasteiger partial charge on any atom is -0.360 e. The van der Waals surface area contributed by atoms with Crippen LogP contribution >= 0.6 is 0 Å². The minimum atomic E-state index is 0.735. The summed E-state index contributed by atoms with van der Waals surface area (Å²) in [6.45, 7) is 6.47. The van der Waals surface area contributed by atoms with Gasteiger partial charge in [0.15, 0.2) is 5.76 Å². The van der Waals surface area contributed by atoms with E-state index in [1.165, 1.54) is 45.3 Å². The zero-order valence-corrected chi connectivity index (χ0v) is 11.2. The molecule has 1 saturated heterocycles. The van der Waals surface area contributed by atoms with E-state index in [2.05, 4.69) is 15.4 Å². The van der Waals surface area contributed by atoms with Crippen molar-refractivity contribution in [3.63, 3.8) is 0 Å². The Balaban J connectivity index is 1.39. The molecule has 18 heavy (non-hydrogen) atoms. The summed E-state index contributed by atoms with van der Waals surface area (Å²) in [7, 11) is 0. The van der Waals surface area contributed by atoms with E-state index in [0.29, 0.717) is 0 Å². The van der Waals surface area contributed by atoms with E-state index in [0.717, 1.165) is 30.0 Å². The number of aryl methyl sites for hydroxylation is 1. The fraction of sp³-hybridized carbons (Fsp3) is 0.786. The van der Waals surface area contributed by atoms with Gasteiger partial charge in [-0.25, -0.2) is 0 Å². The van der Waals surface area contributed by atoms with Gasteiger partial charge in [-0.15, -0.1) is 0 Å². The summed E-state index contributed by atoms with van der Waals surface area (Å²) in [6, 6.07) is 2.77. The molecule has 2 fully saturated rings. The zero-order chi connectivity index (χ0) is 12.4. The highest BCUT2D eigenvalue weighted by Crippen LogP contribution is 2.28. The predicted molar refractivity (Wildman–Crippen MR) is 70.3 cm³/mol. The number of nitrogens with zero attached hydrogens (tertiary/aromatic N) is 2. The van der Waals surface area contributed by atoms with E-state index in [1.54, 1.807) is 0 Å². The summed E-state index contributed by atoms with van der Waals surface area (Å²) < 4.78 is 5.27. The van der Waals surface area contributed by atoms with Crippen LogP contribution in [0, 0.1) is 12.8 Å². The third kappa shape index (κ3) is 3.33. The van der Waals surface area contributed by atoms with Crippen LogP contribution in [0.5, 0.6) is 0 Å². The molecule has 2 aliphatic rings. The Bertz CT molecular complexity index is 378. The first-order chi connectivity index (χ1) is 8.79. The van der Waals surface area contributed by atoms with Gasteiger partial charge < -0.3 is 9.84 Å². The van der Waals surface area contributed by atoms with Gasteiger partial charge in [0.2, 0.25) is 0 Å². The average molecular weight is 249 g/mol. The topological polar surface area (TPSA) is 41.3 Å². The largest absolute Gasteiger partial charge is 0.360 e. The van der Waals surface area contributed by atoms with Crippen molar-refractivity contribution in [2.24, 2.45) is 5.92 Å². The van der Waals surface area contributed by atoms with E-state index in [-0.39, 0.29) is 0 Å². The van der Waals surface area contributed by atoms with Crippen LogP contribution in [0.3, 0.4) is 0 Å². The van der Waals surface area contributed by atoms with Gasteiger partial charge in [-0.1, -0.05) is 5.16 Å². The summed E-state index contributed by atoms with van der Waals surface area (Å²) in [6.07, 6.45) is 5.41. The van der Waals surface area contributed by atoms with Crippen molar-refractivity contribution in [2.45, 2.75) is 45.2 Å². The van der Waals surface area contributed by atoms with Crippen molar-refractivity contribution in [3.8, 4) is 0 Å². The molecule has 4 heteroatoms. The lowest BCUT2D eigenvalue weighted by Crippen LogP contribution is -2.42. The van der Waals surface area contributed by atoms with Crippen molar-refractivity contribution >= 4 is 0 Å². The monoisotopic (exact) mass is 249 g/mol. The molecule has 0 atom stereocenters. The molecule has 1 aromatic heterocycles. The minimum absolute atomic E-state index is 0.735. The lowest BCUT2D eigenvalue weighted by atomic mass is 10.0. The van der Waals surface area contributed by atoms with E-state index in [4.69, 9.17) is 4.52 Å². The van der Waals surface area contributed by atoms with Crippen LogP contribution in [0.2, 0.25) is 0 Å². The van der Waals surface area contributed by atoms with E-state index >= 15 is 0 Å². The Hall–Kier alpha value is -0.870. The normalized spacial score (nSPS) is 22.5. The highest BCUT2D eigenvalue weighted by atomic mass is 16.5. The second-order valence-corrected chi connectivity index (χ2v) is 5.84. The lowest BCUT2D eigenvalue weighted by molar-refractivity contribution is 0.173. The third-order valence-corrected chi connectivity index (χ3v) is 4.04. The molecule has 1 aliphatic carbocycles. The summed E-state index contributed by atoms with van der Waals surface area (Å²) >= 11 is 0. The van der Waals surface area contributed by atoms with Crippen molar-refractivity contribution in [1.82, 2.24) is 15.4 Å². The molecule has 2 heterocycles. The molecule has 0 amide bonds.